The summed E-state index contributed by atoms with van der Waals surface area (Å²) >= 11 is 1.54. The van der Waals surface area contributed by atoms with Crippen LogP contribution in [0.5, 0.6) is 5.75 Å². The highest BCUT2D eigenvalue weighted by atomic mass is 32.2. The zero-order chi connectivity index (χ0) is 12.8. The van der Waals surface area contributed by atoms with Crippen LogP contribution in [0, 0.1) is 0 Å². The quantitative estimate of drug-likeness (QED) is 0.876. The van der Waals surface area contributed by atoms with E-state index in [0.717, 1.165) is 11.3 Å². The van der Waals surface area contributed by atoms with E-state index < -0.39 is 0 Å². The Morgan fingerprint density at radius 1 is 1.35 bits per heavy atom. The zero-order valence-corrected chi connectivity index (χ0v) is 11.5. The third kappa shape index (κ3) is 3.66. The second-order valence-corrected chi connectivity index (χ2v) is 5.03. The van der Waals surface area contributed by atoms with E-state index in [-0.39, 0.29) is 17.2 Å². The Morgan fingerprint density at radius 2 is 2.00 bits per heavy atom. The molecule has 4 heteroatoms. The molecule has 0 saturated heterocycles. The number of methoxy groups -OCH3 is 1. The van der Waals surface area contributed by atoms with Crippen molar-refractivity contribution >= 4 is 17.7 Å². The van der Waals surface area contributed by atoms with Gasteiger partial charge in [0.15, 0.2) is 0 Å². The van der Waals surface area contributed by atoms with Crippen molar-refractivity contribution in [1.29, 1.82) is 0 Å². The highest BCUT2D eigenvalue weighted by Crippen LogP contribution is 2.24. The van der Waals surface area contributed by atoms with Crippen LogP contribution in [0.3, 0.4) is 0 Å². The molecule has 0 aliphatic carbocycles. The van der Waals surface area contributed by atoms with E-state index in [4.69, 9.17) is 4.74 Å². The first-order chi connectivity index (χ1) is 8.10. The summed E-state index contributed by atoms with van der Waals surface area (Å²) in [7, 11) is 1.64. The average Bonchev–Trinajstić information content (AvgIpc) is 2.37. The minimum Gasteiger partial charge on any atom is -0.496 e. The normalized spacial score (nSPS) is 13.9. The maximum atomic E-state index is 11.8. The average molecular weight is 253 g/mol. The number of rotatable bonds is 5. The maximum Gasteiger partial charge on any atom is 0.233 e. The molecule has 0 saturated carbocycles. The van der Waals surface area contributed by atoms with E-state index >= 15 is 0 Å². The van der Waals surface area contributed by atoms with Crippen molar-refractivity contribution in [2.75, 3.05) is 13.4 Å². The van der Waals surface area contributed by atoms with Crippen LogP contribution in [0.15, 0.2) is 24.3 Å². The number of benzene rings is 1. The van der Waals surface area contributed by atoms with Crippen LogP contribution in [0.4, 0.5) is 0 Å². The van der Waals surface area contributed by atoms with E-state index in [1.165, 1.54) is 11.8 Å². The van der Waals surface area contributed by atoms with Crippen molar-refractivity contribution in [2.24, 2.45) is 0 Å². The highest BCUT2D eigenvalue weighted by molar-refractivity contribution is 7.99. The highest BCUT2D eigenvalue weighted by Gasteiger charge is 2.17. The summed E-state index contributed by atoms with van der Waals surface area (Å²) in [4.78, 5) is 11.8. The third-order valence-corrected chi connectivity index (χ3v) is 3.61. The first kappa shape index (κ1) is 13.9. The summed E-state index contributed by atoms with van der Waals surface area (Å²) < 4.78 is 5.28. The lowest BCUT2D eigenvalue weighted by Gasteiger charge is -2.19. The van der Waals surface area contributed by atoms with Gasteiger partial charge in [-0.15, -0.1) is 0 Å². The molecule has 1 rings (SSSR count). The SMILES string of the molecule is COc1ccccc1[C@@H](C)NC(=O)[C@@H](C)SC. The van der Waals surface area contributed by atoms with Crippen LogP contribution in [0.2, 0.25) is 0 Å². The van der Waals surface area contributed by atoms with Crippen LogP contribution in [0.25, 0.3) is 0 Å². The summed E-state index contributed by atoms with van der Waals surface area (Å²) in [5.41, 5.74) is 0.997. The molecule has 0 radical (unpaired) electrons. The van der Waals surface area contributed by atoms with Crippen LogP contribution < -0.4 is 10.1 Å². The molecule has 0 heterocycles. The Balaban J connectivity index is 2.76. The molecule has 1 amide bonds. The second kappa shape index (κ2) is 6.55. The van der Waals surface area contributed by atoms with Gasteiger partial charge in [-0.1, -0.05) is 18.2 Å². The molecule has 1 aromatic rings. The van der Waals surface area contributed by atoms with Crippen LogP contribution in [-0.4, -0.2) is 24.5 Å². The van der Waals surface area contributed by atoms with Gasteiger partial charge < -0.3 is 10.1 Å². The topological polar surface area (TPSA) is 38.3 Å². The minimum absolute atomic E-state index is 0.0350. The Hall–Kier alpha value is -1.16. The smallest absolute Gasteiger partial charge is 0.233 e. The van der Waals surface area contributed by atoms with Crippen molar-refractivity contribution in [2.45, 2.75) is 25.1 Å². The molecule has 1 N–H and O–H groups in total. The lowest BCUT2D eigenvalue weighted by molar-refractivity contribution is -0.120. The van der Waals surface area contributed by atoms with Crippen molar-refractivity contribution in [3.05, 3.63) is 29.8 Å². The Morgan fingerprint density at radius 3 is 2.59 bits per heavy atom. The van der Waals surface area contributed by atoms with Gasteiger partial charge in [-0.2, -0.15) is 11.8 Å². The lowest BCUT2D eigenvalue weighted by Crippen LogP contribution is -2.33. The van der Waals surface area contributed by atoms with Gasteiger partial charge in [-0.3, -0.25) is 4.79 Å². The van der Waals surface area contributed by atoms with Crippen molar-refractivity contribution in [3.63, 3.8) is 0 Å². The van der Waals surface area contributed by atoms with Gasteiger partial charge in [0.25, 0.3) is 0 Å². The minimum atomic E-state index is -0.0479. The Kier molecular flexibility index (Phi) is 5.35. The summed E-state index contributed by atoms with van der Waals surface area (Å²) in [6.45, 7) is 3.86. The number of amides is 1. The summed E-state index contributed by atoms with van der Waals surface area (Å²) in [6.07, 6.45) is 1.93. The molecular formula is C13H19NO2S. The van der Waals surface area contributed by atoms with Gasteiger partial charge in [0.2, 0.25) is 5.91 Å². The fourth-order valence-corrected chi connectivity index (χ4v) is 1.82. The Labute approximate surface area is 107 Å². The van der Waals surface area contributed by atoms with Gasteiger partial charge in [0.1, 0.15) is 5.75 Å². The molecule has 17 heavy (non-hydrogen) atoms. The predicted octanol–water partition coefficient (Wildman–Crippen LogP) is 2.62. The van der Waals surface area contributed by atoms with E-state index in [1.54, 1.807) is 7.11 Å². The van der Waals surface area contributed by atoms with Gasteiger partial charge >= 0.3 is 0 Å². The van der Waals surface area contributed by atoms with Gasteiger partial charge in [-0.05, 0) is 26.2 Å². The van der Waals surface area contributed by atoms with Gasteiger partial charge in [-0.25, -0.2) is 0 Å². The molecule has 0 aliphatic heterocycles. The number of carbonyl (C=O) groups excluding carboxylic acids is 1. The monoisotopic (exact) mass is 253 g/mol. The first-order valence-corrected chi connectivity index (χ1v) is 6.85. The maximum absolute atomic E-state index is 11.8. The molecule has 0 unspecified atom stereocenters. The number of hydrogen-bond acceptors (Lipinski definition) is 3. The molecule has 0 aromatic heterocycles. The van der Waals surface area contributed by atoms with Gasteiger partial charge in [0.05, 0.1) is 18.4 Å². The number of para-hydroxylation sites is 1. The largest absolute Gasteiger partial charge is 0.496 e. The van der Waals surface area contributed by atoms with Crippen molar-refractivity contribution in [1.82, 2.24) is 5.32 Å². The number of nitrogens with one attached hydrogen (secondary N) is 1. The zero-order valence-electron chi connectivity index (χ0n) is 10.7. The molecule has 0 aliphatic rings. The van der Waals surface area contributed by atoms with E-state index in [9.17, 15) is 4.79 Å². The standard InChI is InChI=1S/C13H19NO2S/c1-9(14-13(15)10(2)17-4)11-7-5-6-8-12(11)16-3/h5-10H,1-4H3,(H,14,15)/t9-,10-/m1/s1. The molecule has 2 atom stereocenters. The third-order valence-electron chi connectivity index (χ3n) is 2.69. The van der Waals surface area contributed by atoms with E-state index in [2.05, 4.69) is 5.32 Å². The van der Waals surface area contributed by atoms with Crippen LogP contribution in [0.1, 0.15) is 25.5 Å². The molecule has 1 aromatic carbocycles. The molecule has 94 valence electrons. The summed E-state index contributed by atoms with van der Waals surface area (Å²) in [6, 6.07) is 7.68. The molecule has 0 bridgehead atoms. The van der Waals surface area contributed by atoms with Gasteiger partial charge in [0, 0.05) is 5.56 Å². The molecule has 3 nitrogen and oxygen atoms in total. The summed E-state index contributed by atoms with van der Waals surface area (Å²) in [5.74, 6) is 0.855. The fourth-order valence-electron chi connectivity index (χ4n) is 1.54. The van der Waals surface area contributed by atoms with E-state index in [1.807, 2.05) is 44.4 Å². The van der Waals surface area contributed by atoms with Crippen molar-refractivity contribution in [3.8, 4) is 5.75 Å². The Bertz CT molecular complexity index is 381. The van der Waals surface area contributed by atoms with Crippen LogP contribution >= 0.6 is 11.8 Å². The second-order valence-electron chi connectivity index (χ2n) is 3.85. The molecule has 0 fully saturated rings. The lowest BCUT2D eigenvalue weighted by atomic mass is 10.1. The fraction of sp³-hybridized carbons (Fsp3) is 0.462. The number of thioether (sulfide) groups is 1. The first-order valence-electron chi connectivity index (χ1n) is 5.56. The van der Waals surface area contributed by atoms with E-state index in [0.29, 0.717) is 0 Å². The number of ether oxygens (including phenoxy) is 1. The number of carbonyl (C=O) groups is 1. The summed E-state index contributed by atoms with van der Waals surface area (Å²) in [5, 5.41) is 2.95. The number of hydrogen-bond donors (Lipinski definition) is 1. The predicted molar refractivity (Wildman–Crippen MR) is 72.5 cm³/mol. The van der Waals surface area contributed by atoms with Crippen LogP contribution in [-0.2, 0) is 4.79 Å². The van der Waals surface area contributed by atoms with Crippen molar-refractivity contribution < 1.29 is 9.53 Å². The molecular weight excluding hydrogens is 234 g/mol. The molecule has 0 spiro atoms.